The molecule has 0 heterocycles. The number of benzene rings is 3. The van der Waals surface area contributed by atoms with Crippen molar-refractivity contribution in [3.05, 3.63) is 95.3 Å². The Morgan fingerprint density at radius 2 is 1.66 bits per heavy atom. The van der Waals surface area contributed by atoms with Gasteiger partial charge in [0.1, 0.15) is 18.2 Å². The first-order valence-electron chi connectivity index (χ1n) is 10.0. The van der Waals surface area contributed by atoms with E-state index in [1.54, 1.807) is 24.3 Å². The predicted octanol–water partition coefficient (Wildman–Crippen LogP) is 3.91. The average molecular weight is 457 g/mol. The van der Waals surface area contributed by atoms with Gasteiger partial charge in [0.15, 0.2) is 0 Å². The normalized spacial score (nSPS) is 11.1. The third-order valence-electron chi connectivity index (χ3n) is 4.80. The fourth-order valence-corrected chi connectivity index (χ4v) is 3.97. The Morgan fingerprint density at radius 3 is 2.28 bits per heavy atom. The van der Waals surface area contributed by atoms with Gasteiger partial charge in [-0.3, -0.25) is 9.10 Å². The van der Waals surface area contributed by atoms with Crippen LogP contribution in [0.25, 0.3) is 0 Å². The molecule has 0 aromatic heterocycles. The van der Waals surface area contributed by atoms with Crippen molar-refractivity contribution in [1.82, 2.24) is 5.32 Å². The lowest BCUT2D eigenvalue weighted by Crippen LogP contribution is -2.29. The highest BCUT2D eigenvalue weighted by atomic mass is 32.2. The molecule has 0 saturated carbocycles. The first-order chi connectivity index (χ1) is 15.2. The zero-order valence-electron chi connectivity index (χ0n) is 17.9. The molecular weight excluding hydrogens is 431 g/mol. The van der Waals surface area contributed by atoms with Crippen LogP contribution in [0.4, 0.5) is 10.1 Å². The second-order valence-corrected chi connectivity index (χ2v) is 9.22. The van der Waals surface area contributed by atoms with E-state index in [4.69, 9.17) is 4.74 Å². The highest BCUT2D eigenvalue weighted by Crippen LogP contribution is 2.21. The molecule has 32 heavy (non-hydrogen) atoms. The second-order valence-electron chi connectivity index (χ2n) is 7.31. The van der Waals surface area contributed by atoms with Crippen LogP contribution in [0.1, 0.15) is 21.5 Å². The lowest BCUT2D eigenvalue weighted by molar-refractivity contribution is 0.0947. The number of anilines is 1. The number of nitrogens with one attached hydrogen (secondary N) is 1. The van der Waals surface area contributed by atoms with Crippen molar-refractivity contribution in [1.29, 1.82) is 0 Å². The monoisotopic (exact) mass is 456 g/mol. The quantitative estimate of drug-likeness (QED) is 0.496. The third-order valence-corrected chi connectivity index (χ3v) is 5.94. The Kier molecular flexibility index (Phi) is 7.48. The van der Waals surface area contributed by atoms with Gasteiger partial charge in [-0.25, -0.2) is 12.8 Å². The van der Waals surface area contributed by atoms with E-state index in [1.165, 1.54) is 28.6 Å². The van der Waals surface area contributed by atoms with Crippen LogP contribution in [0.2, 0.25) is 0 Å². The Morgan fingerprint density at radius 1 is 1.00 bits per heavy atom. The van der Waals surface area contributed by atoms with Crippen LogP contribution in [0, 0.1) is 12.7 Å². The van der Waals surface area contributed by atoms with E-state index in [-0.39, 0.29) is 12.5 Å². The molecule has 1 N–H and O–H groups in total. The maximum absolute atomic E-state index is 13.2. The van der Waals surface area contributed by atoms with E-state index in [2.05, 4.69) is 5.32 Å². The fourth-order valence-electron chi connectivity index (χ4n) is 3.08. The van der Waals surface area contributed by atoms with Gasteiger partial charge in [0.25, 0.3) is 5.91 Å². The van der Waals surface area contributed by atoms with Gasteiger partial charge in [-0.2, -0.15) is 0 Å². The highest BCUT2D eigenvalue weighted by Gasteiger charge is 2.18. The Bertz CT molecular complexity index is 1160. The molecule has 0 atom stereocenters. The van der Waals surface area contributed by atoms with E-state index >= 15 is 0 Å². The number of carbonyl (C=O) groups excluding carboxylic acids is 1. The van der Waals surface area contributed by atoms with Crippen molar-refractivity contribution in [2.45, 2.75) is 13.5 Å². The summed E-state index contributed by atoms with van der Waals surface area (Å²) in [6, 6.07) is 19.6. The Hall–Kier alpha value is -3.39. The summed E-state index contributed by atoms with van der Waals surface area (Å²) in [7, 11) is -3.58. The fraction of sp³-hybridized carbons (Fsp3) is 0.208. The molecule has 168 valence electrons. The lowest BCUT2D eigenvalue weighted by atomic mass is 10.1. The number of aryl methyl sites for hydroxylation is 1. The molecule has 3 aromatic rings. The van der Waals surface area contributed by atoms with Crippen molar-refractivity contribution < 1.29 is 22.3 Å². The zero-order valence-corrected chi connectivity index (χ0v) is 18.7. The number of rotatable bonds is 9. The summed E-state index contributed by atoms with van der Waals surface area (Å²) in [6.07, 6.45) is 1.09. The molecule has 8 heteroatoms. The van der Waals surface area contributed by atoms with E-state index < -0.39 is 15.8 Å². The van der Waals surface area contributed by atoms with Crippen molar-refractivity contribution in [2.24, 2.45) is 0 Å². The number of hydrogen-bond acceptors (Lipinski definition) is 4. The molecule has 6 nitrogen and oxygen atoms in total. The molecule has 0 unspecified atom stereocenters. The standard InChI is InChI=1S/C24H25FN2O4S/c1-18-5-3-4-6-23(18)31-16-15-26-24(28)20-9-7-19(8-10-20)17-27(32(2,29)30)22-13-11-21(25)12-14-22/h3-14H,15-17H2,1-2H3,(H,26,28). The molecule has 3 rings (SSSR count). The summed E-state index contributed by atoms with van der Waals surface area (Å²) in [5, 5.41) is 2.80. The van der Waals surface area contributed by atoms with Crippen LogP contribution in [-0.4, -0.2) is 33.7 Å². The minimum Gasteiger partial charge on any atom is -0.491 e. The molecule has 1 amide bonds. The van der Waals surface area contributed by atoms with Gasteiger partial charge in [0.05, 0.1) is 25.0 Å². The first-order valence-corrected chi connectivity index (χ1v) is 11.9. The molecule has 0 fully saturated rings. The van der Waals surface area contributed by atoms with E-state index in [9.17, 15) is 17.6 Å². The summed E-state index contributed by atoms with van der Waals surface area (Å²) >= 11 is 0. The molecule has 0 saturated heterocycles. The number of amides is 1. The van der Waals surface area contributed by atoms with Crippen LogP contribution in [-0.2, 0) is 16.6 Å². The summed E-state index contributed by atoms with van der Waals surface area (Å²) in [6.45, 7) is 2.71. The van der Waals surface area contributed by atoms with Crippen LogP contribution < -0.4 is 14.4 Å². The predicted molar refractivity (Wildman–Crippen MR) is 123 cm³/mol. The maximum Gasteiger partial charge on any atom is 0.251 e. The van der Waals surface area contributed by atoms with Crippen LogP contribution >= 0.6 is 0 Å². The minimum absolute atomic E-state index is 0.0661. The van der Waals surface area contributed by atoms with Crippen molar-refractivity contribution >= 4 is 21.6 Å². The SMILES string of the molecule is Cc1ccccc1OCCNC(=O)c1ccc(CN(c2ccc(F)cc2)S(C)(=O)=O)cc1. The second kappa shape index (κ2) is 10.3. The van der Waals surface area contributed by atoms with E-state index in [0.717, 1.165) is 17.6 Å². The van der Waals surface area contributed by atoms with Gasteiger partial charge in [-0.1, -0.05) is 30.3 Å². The lowest BCUT2D eigenvalue weighted by Gasteiger charge is -2.22. The summed E-state index contributed by atoms with van der Waals surface area (Å²) in [5.74, 6) is 0.0907. The van der Waals surface area contributed by atoms with Crippen molar-refractivity contribution in [3.63, 3.8) is 0 Å². The van der Waals surface area contributed by atoms with Gasteiger partial charge < -0.3 is 10.1 Å². The Labute approximate surface area is 187 Å². The number of para-hydroxylation sites is 1. The third kappa shape index (κ3) is 6.31. The molecule has 0 aliphatic carbocycles. The molecule has 0 aliphatic rings. The minimum atomic E-state index is -3.58. The molecule has 0 bridgehead atoms. The van der Waals surface area contributed by atoms with Crippen LogP contribution in [0.5, 0.6) is 5.75 Å². The zero-order chi connectivity index (χ0) is 23.1. The van der Waals surface area contributed by atoms with Gasteiger partial charge >= 0.3 is 0 Å². The molecule has 0 aliphatic heterocycles. The molecule has 3 aromatic carbocycles. The summed E-state index contributed by atoms with van der Waals surface area (Å²) in [5.41, 5.74) is 2.54. The van der Waals surface area contributed by atoms with E-state index in [0.29, 0.717) is 30.0 Å². The largest absolute Gasteiger partial charge is 0.491 e. The maximum atomic E-state index is 13.2. The van der Waals surface area contributed by atoms with Crippen LogP contribution in [0.15, 0.2) is 72.8 Å². The number of sulfonamides is 1. The average Bonchev–Trinajstić information content (AvgIpc) is 2.76. The van der Waals surface area contributed by atoms with Gasteiger partial charge in [0, 0.05) is 5.56 Å². The summed E-state index contributed by atoms with van der Waals surface area (Å²) in [4.78, 5) is 12.4. The number of halogens is 1. The van der Waals surface area contributed by atoms with Gasteiger partial charge in [-0.15, -0.1) is 0 Å². The van der Waals surface area contributed by atoms with Gasteiger partial charge in [0.2, 0.25) is 10.0 Å². The number of nitrogens with zero attached hydrogens (tertiary/aromatic N) is 1. The smallest absolute Gasteiger partial charge is 0.251 e. The summed E-state index contributed by atoms with van der Waals surface area (Å²) < 4.78 is 44.5. The first kappa shape index (κ1) is 23.3. The molecular formula is C24H25FN2O4S. The van der Waals surface area contributed by atoms with E-state index in [1.807, 2.05) is 31.2 Å². The van der Waals surface area contributed by atoms with Gasteiger partial charge in [-0.05, 0) is 60.5 Å². The topological polar surface area (TPSA) is 75.7 Å². The van der Waals surface area contributed by atoms with Crippen LogP contribution in [0.3, 0.4) is 0 Å². The number of carbonyl (C=O) groups is 1. The molecule has 0 radical (unpaired) electrons. The Balaban J connectivity index is 1.58. The van der Waals surface area contributed by atoms with Crippen molar-refractivity contribution in [2.75, 3.05) is 23.7 Å². The van der Waals surface area contributed by atoms with Crippen molar-refractivity contribution in [3.8, 4) is 5.75 Å². The number of hydrogen-bond donors (Lipinski definition) is 1. The number of ether oxygens (including phenoxy) is 1. The highest BCUT2D eigenvalue weighted by molar-refractivity contribution is 7.92. The molecule has 0 spiro atoms.